The number of rotatable bonds is 14. The van der Waals surface area contributed by atoms with Gasteiger partial charge in [0.1, 0.15) is 24.7 Å². The van der Waals surface area contributed by atoms with Crippen molar-refractivity contribution in [2.45, 2.75) is 19.3 Å². The average Bonchev–Trinajstić information content (AvgIpc) is 3.62. The van der Waals surface area contributed by atoms with Crippen LogP contribution in [0.25, 0.3) is 0 Å². The van der Waals surface area contributed by atoms with Gasteiger partial charge in [0, 0.05) is 24.3 Å². The number of hydrogen-bond donors (Lipinski definition) is 0. The molecule has 0 radical (unpaired) electrons. The highest BCUT2D eigenvalue weighted by atomic mass is 16.5. The van der Waals surface area contributed by atoms with Crippen LogP contribution < -0.4 is 19.3 Å². The van der Waals surface area contributed by atoms with Crippen molar-refractivity contribution < 1.29 is 28.7 Å². The second kappa shape index (κ2) is 14.6. The SMILES string of the molecule is C=CCOc1ccc(Cc2cc(Cc3ccc(N4C(=O)C=CC4=O)c(Cc4ccc(OCC=C)cc4)c3)ccc2N2C(=O)C=CC2=O)cc1. The molecule has 0 fully saturated rings. The molecule has 0 aliphatic carbocycles. The van der Waals surface area contributed by atoms with Gasteiger partial charge in [0.2, 0.25) is 0 Å². The summed E-state index contributed by atoms with van der Waals surface area (Å²) >= 11 is 0. The van der Waals surface area contributed by atoms with Crippen molar-refractivity contribution in [3.05, 3.63) is 168 Å². The smallest absolute Gasteiger partial charge is 0.258 e. The Balaban J connectivity index is 1.31. The van der Waals surface area contributed by atoms with Crippen LogP contribution in [-0.2, 0) is 38.4 Å². The topological polar surface area (TPSA) is 93.2 Å². The lowest BCUT2D eigenvalue weighted by Crippen LogP contribution is -2.30. The van der Waals surface area contributed by atoms with Gasteiger partial charge in [0.05, 0.1) is 11.4 Å². The van der Waals surface area contributed by atoms with Gasteiger partial charge in [-0.05, 0) is 89.0 Å². The van der Waals surface area contributed by atoms with Crippen molar-refractivity contribution in [2.24, 2.45) is 0 Å². The molecular formula is C41H34N2O6. The molecule has 8 heteroatoms. The first kappa shape index (κ1) is 32.7. The summed E-state index contributed by atoms with van der Waals surface area (Å²) in [5.74, 6) is -0.0880. The molecule has 0 spiro atoms. The van der Waals surface area contributed by atoms with E-state index in [0.29, 0.717) is 43.9 Å². The first-order valence-electron chi connectivity index (χ1n) is 15.8. The summed E-state index contributed by atoms with van der Waals surface area (Å²) in [6.07, 6.45) is 9.97. The monoisotopic (exact) mass is 650 g/mol. The predicted octanol–water partition coefficient (Wildman–Crippen LogP) is 6.45. The molecule has 2 heterocycles. The Hall–Kier alpha value is -6.28. The molecule has 0 aromatic heterocycles. The molecule has 49 heavy (non-hydrogen) atoms. The van der Waals surface area contributed by atoms with E-state index in [1.807, 2.05) is 84.9 Å². The fourth-order valence-corrected chi connectivity index (χ4v) is 5.89. The summed E-state index contributed by atoms with van der Waals surface area (Å²) in [7, 11) is 0. The molecule has 4 aromatic rings. The number of imide groups is 2. The highest BCUT2D eigenvalue weighted by molar-refractivity contribution is 6.29. The Labute approximate surface area is 284 Å². The van der Waals surface area contributed by atoms with Crippen LogP contribution in [0, 0.1) is 0 Å². The first-order valence-corrected chi connectivity index (χ1v) is 15.8. The maximum absolute atomic E-state index is 12.7. The van der Waals surface area contributed by atoms with Gasteiger partial charge in [-0.1, -0.05) is 73.8 Å². The summed E-state index contributed by atoms with van der Waals surface area (Å²) in [6, 6.07) is 26.8. The molecule has 0 saturated heterocycles. The highest BCUT2D eigenvalue weighted by Crippen LogP contribution is 2.32. The average molecular weight is 651 g/mol. The number of ether oxygens (including phenoxy) is 2. The highest BCUT2D eigenvalue weighted by Gasteiger charge is 2.29. The van der Waals surface area contributed by atoms with E-state index in [1.54, 1.807) is 12.2 Å². The summed E-state index contributed by atoms with van der Waals surface area (Å²) in [4.78, 5) is 53.1. The van der Waals surface area contributed by atoms with E-state index < -0.39 is 0 Å². The van der Waals surface area contributed by atoms with Gasteiger partial charge in [-0.15, -0.1) is 0 Å². The van der Waals surface area contributed by atoms with E-state index in [0.717, 1.165) is 44.9 Å². The van der Waals surface area contributed by atoms with Crippen molar-refractivity contribution >= 4 is 35.0 Å². The second-order valence-corrected chi connectivity index (χ2v) is 11.6. The summed E-state index contributed by atoms with van der Waals surface area (Å²) in [6.45, 7) is 8.17. The van der Waals surface area contributed by atoms with Crippen LogP contribution in [0.3, 0.4) is 0 Å². The van der Waals surface area contributed by atoms with Gasteiger partial charge in [-0.3, -0.25) is 19.2 Å². The number of benzene rings is 4. The van der Waals surface area contributed by atoms with E-state index in [-0.39, 0.29) is 23.6 Å². The maximum atomic E-state index is 12.7. The fourth-order valence-electron chi connectivity index (χ4n) is 5.89. The number of anilines is 2. The molecule has 2 aliphatic heterocycles. The minimum Gasteiger partial charge on any atom is -0.490 e. The van der Waals surface area contributed by atoms with Crippen LogP contribution in [0.4, 0.5) is 11.4 Å². The minimum absolute atomic E-state index is 0.381. The number of carbonyl (C=O) groups excluding carboxylic acids is 4. The molecule has 8 nitrogen and oxygen atoms in total. The van der Waals surface area contributed by atoms with Crippen molar-refractivity contribution in [1.29, 1.82) is 0 Å². The van der Waals surface area contributed by atoms with Crippen LogP contribution in [0.1, 0.15) is 33.4 Å². The van der Waals surface area contributed by atoms with Crippen LogP contribution in [0.5, 0.6) is 11.5 Å². The Morgan fingerprint density at radius 3 is 1.16 bits per heavy atom. The lowest BCUT2D eigenvalue weighted by atomic mass is 9.94. The molecule has 0 unspecified atom stereocenters. The largest absolute Gasteiger partial charge is 0.490 e. The zero-order valence-electron chi connectivity index (χ0n) is 26.8. The number of amides is 4. The molecule has 0 bridgehead atoms. The molecule has 6 rings (SSSR count). The van der Waals surface area contributed by atoms with Gasteiger partial charge in [-0.25, -0.2) is 9.80 Å². The molecule has 0 atom stereocenters. The Bertz CT molecular complexity index is 1830. The van der Waals surface area contributed by atoms with E-state index >= 15 is 0 Å². The lowest BCUT2D eigenvalue weighted by Gasteiger charge is -2.21. The molecule has 4 aromatic carbocycles. The molecule has 2 aliphatic rings. The second-order valence-electron chi connectivity index (χ2n) is 11.6. The number of carbonyl (C=O) groups is 4. The van der Waals surface area contributed by atoms with Crippen LogP contribution in [0.15, 0.2) is 135 Å². The van der Waals surface area contributed by atoms with Crippen molar-refractivity contribution in [3.63, 3.8) is 0 Å². The number of nitrogens with zero attached hydrogens (tertiary/aromatic N) is 2. The first-order chi connectivity index (χ1) is 23.8. The summed E-state index contributed by atoms with van der Waals surface area (Å²) in [5.41, 5.74) is 6.60. The van der Waals surface area contributed by atoms with Gasteiger partial charge in [-0.2, -0.15) is 0 Å². The normalized spacial score (nSPS) is 13.8. The van der Waals surface area contributed by atoms with Crippen LogP contribution in [0.2, 0.25) is 0 Å². The zero-order chi connectivity index (χ0) is 34.3. The molecule has 4 amide bonds. The van der Waals surface area contributed by atoms with Crippen molar-refractivity contribution in [3.8, 4) is 11.5 Å². The third kappa shape index (κ3) is 7.49. The predicted molar refractivity (Wildman–Crippen MR) is 189 cm³/mol. The van der Waals surface area contributed by atoms with Gasteiger partial charge < -0.3 is 9.47 Å². The Morgan fingerprint density at radius 2 is 0.816 bits per heavy atom. The fraction of sp³-hybridized carbons (Fsp3) is 0.122. The molecular weight excluding hydrogens is 616 g/mol. The zero-order valence-corrected chi connectivity index (χ0v) is 26.8. The molecule has 0 N–H and O–H groups in total. The molecule has 0 saturated carbocycles. The Morgan fingerprint density at radius 1 is 0.469 bits per heavy atom. The third-order valence-corrected chi connectivity index (χ3v) is 8.17. The lowest BCUT2D eigenvalue weighted by molar-refractivity contribution is -0.121. The minimum atomic E-state index is -0.381. The van der Waals surface area contributed by atoms with Crippen LogP contribution >= 0.6 is 0 Å². The van der Waals surface area contributed by atoms with E-state index in [1.165, 1.54) is 34.1 Å². The summed E-state index contributed by atoms with van der Waals surface area (Å²) in [5, 5.41) is 0. The van der Waals surface area contributed by atoms with Gasteiger partial charge in [0.15, 0.2) is 0 Å². The molecule has 244 valence electrons. The van der Waals surface area contributed by atoms with Crippen LogP contribution in [-0.4, -0.2) is 36.8 Å². The quantitative estimate of drug-likeness (QED) is 0.115. The third-order valence-electron chi connectivity index (χ3n) is 8.17. The summed E-state index contributed by atoms with van der Waals surface area (Å²) < 4.78 is 11.2. The number of hydrogen-bond acceptors (Lipinski definition) is 6. The van der Waals surface area contributed by atoms with Crippen molar-refractivity contribution in [1.82, 2.24) is 0 Å². The maximum Gasteiger partial charge on any atom is 0.258 e. The van der Waals surface area contributed by atoms with E-state index in [9.17, 15) is 19.2 Å². The van der Waals surface area contributed by atoms with Gasteiger partial charge in [0.25, 0.3) is 23.6 Å². The van der Waals surface area contributed by atoms with Crippen molar-refractivity contribution in [2.75, 3.05) is 23.0 Å². The standard InChI is InChI=1S/C41H34N2O6/c1-3-21-48-34-11-5-28(6-12-34)24-32-26-30(9-15-36(32)42-38(44)17-18-39(42)45)23-31-10-16-37(43-40(46)19-20-41(43)47)33(27-31)25-29-7-13-35(14-8-29)49-22-4-2/h3-20,26-27H,1-2,21-25H2. The van der Waals surface area contributed by atoms with Gasteiger partial charge >= 0.3 is 0 Å². The Kier molecular flexibility index (Phi) is 9.76. The van der Waals surface area contributed by atoms with E-state index in [4.69, 9.17) is 9.47 Å². The van der Waals surface area contributed by atoms with E-state index in [2.05, 4.69) is 13.2 Å².